The fraction of sp³-hybridized carbons (Fsp3) is 0.143. The van der Waals surface area contributed by atoms with Crippen LogP contribution in [-0.4, -0.2) is 0 Å². The van der Waals surface area contributed by atoms with Crippen molar-refractivity contribution in [3.63, 3.8) is 0 Å². The summed E-state index contributed by atoms with van der Waals surface area (Å²) in [6, 6.07) is 13.5. The standard InChI is InChI=1S/C14H13BrClNO/c15-12-3-1-2-10(6-12)8-18-9-11-4-5-13(16)7-14(11)17/h1-7H,8-9,17H2. The van der Waals surface area contributed by atoms with Crippen LogP contribution in [-0.2, 0) is 18.0 Å². The topological polar surface area (TPSA) is 35.2 Å². The van der Waals surface area contributed by atoms with Crippen molar-refractivity contribution in [3.05, 3.63) is 63.1 Å². The SMILES string of the molecule is Nc1cc(Cl)ccc1COCc1cccc(Br)c1. The molecule has 0 atom stereocenters. The molecule has 0 unspecified atom stereocenters. The third kappa shape index (κ3) is 3.73. The quantitative estimate of drug-likeness (QED) is 0.845. The van der Waals surface area contributed by atoms with E-state index in [1.807, 2.05) is 36.4 Å². The minimum absolute atomic E-state index is 0.482. The summed E-state index contributed by atoms with van der Waals surface area (Å²) in [7, 11) is 0. The van der Waals surface area contributed by atoms with Gasteiger partial charge >= 0.3 is 0 Å². The highest BCUT2D eigenvalue weighted by molar-refractivity contribution is 9.10. The van der Waals surface area contributed by atoms with Gasteiger partial charge in [0.05, 0.1) is 13.2 Å². The number of rotatable bonds is 4. The molecule has 2 N–H and O–H groups in total. The molecule has 2 rings (SSSR count). The molecule has 0 aliphatic heterocycles. The largest absolute Gasteiger partial charge is 0.398 e. The highest BCUT2D eigenvalue weighted by atomic mass is 79.9. The molecule has 0 spiro atoms. The van der Waals surface area contributed by atoms with Crippen LogP contribution < -0.4 is 5.73 Å². The molecule has 0 amide bonds. The number of ether oxygens (including phenoxy) is 1. The van der Waals surface area contributed by atoms with E-state index in [2.05, 4.69) is 15.9 Å². The minimum atomic E-state index is 0.482. The van der Waals surface area contributed by atoms with Gasteiger partial charge in [0.25, 0.3) is 0 Å². The van der Waals surface area contributed by atoms with Crippen molar-refractivity contribution in [1.29, 1.82) is 0 Å². The summed E-state index contributed by atoms with van der Waals surface area (Å²) in [5.74, 6) is 0. The Morgan fingerprint density at radius 2 is 1.94 bits per heavy atom. The van der Waals surface area contributed by atoms with Crippen LogP contribution in [0.1, 0.15) is 11.1 Å². The molecule has 2 nitrogen and oxygen atoms in total. The van der Waals surface area contributed by atoms with E-state index in [9.17, 15) is 0 Å². The molecule has 0 saturated carbocycles. The lowest BCUT2D eigenvalue weighted by Gasteiger charge is -2.08. The second-order valence-corrected chi connectivity index (χ2v) is 5.32. The molecule has 0 aliphatic rings. The van der Waals surface area contributed by atoms with Crippen LogP contribution in [0.3, 0.4) is 0 Å². The van der Waals surface area contributed by atoms with Gasteiger partial charge in [-0.05, 0) is 29.8 Å². The Morgan fingerprint density at radius 1 is 1.11 bits per heavy atom. The maximum Gasteiger partial charge on any atom is 0.0741 e. The second kappa shape index (κ2) is 6.23. The van der Waals surface area contributed by atoms with Gasteiger partial charge in [-0.15, -0.1) is 0 Å². The Morgan fingerprint density at radius 3 is 2.67 bits per heavy atom. The molecule has 0 saturated heterocycles. The second-order valence-electron chi connectivity index (χ2n) is 3.97. The van der Waals surface area contributed by atoms with Crippen LogP contribution in [0.25, 0.3) is 0 Å². The molecule has 18 heavy (non-hydrogen) atoms. The van der Waals surface area contributed by atoms with Gasteiger partial charge in [-0.2, -0.15) is 0 Å². The van der Waals surface area contributed by atoms with Crippen molar-refractivity contribution in [1.82, 2.24) is 0 Å². The summed E-state index contributed by atoms with van der Waals surface area (Å²) < 4.78 is 6.69. The fourth-order valence-electron chi connectivity index (χ4n) is 1.60. The van der Waals surface area contributed by atoms with Crippen molar-refractivity contribution >= 4 is 33.2 Å². The molecule has 4 heteroatoms. The van der Waals surface area contributed by atoms with E-state index in [0.29, 0.717) is 23.9 Å². The van der Waals surface area contributed by atoms with Crippen LogP contribution in [0.4, 0.5) is 5.69 Å². The summed E-state index contributed by atoms with van der Waals surface area (Å²) in [5.41, 5.74) is 8.59. The number of hydrogen-bond donors (Lipinski definition) is 1. The smallest absolute Gasteiger partial charge is 0.0741 e. The van der Waals surface area contributed by atoms with E-state index in [1.54, 1.807) is 6.07 Å². The first-order chi connectivity index (χ1) is 8.65. The molecule has 0 fully saturated rings. The van der Waals surface area contributed by atoms with E-state index in [0.717, 1.165) is 15.6 Å². The zero-order valence-electron chi connectivity index (χ0n) is 9.70. The number of nitrogens with two attached hydrogens (primary N) is 1. The summed E-state index contributed by atoms with van der Waals surface area (Å²) in [6.45, 7) is 1.04. The molecule has 2 aromatic rings. The monoisotopic (exact) mass is 325 g/mol. The minimum Gasteiger partial charge on any atom is -0.398 e. The fourth-order valence-corrected chi connectivity index (χ4v) is 2.23. The lowest BCUT2D eigenvalue weighted by Crippen LogP contribution is -1.98. The first-order valence-corrected chi connectivity index (χ1v) is 6.68. The van der Waals surface area contributed by atoms with Gasteiger partial charge < -0.3 is 10.5 Å². The normalized spacial score (nSPS) is 10.6. The molecular formula is C14H13BrClNO. The maximum atomic E-state index is 5.85. The summed E-state index contributed by atoms with van der Waals surface area (Å²) in [6.07, 6.45) is 0. The zero-order valence-corrected chi connectivity index (χ0v) is 12.0. The molecular weight excluding hydrogens is 314 g/mol. The highest BCUT2D eigenvalue weighted by Gasteiger charge is 2.01. The van der Waals surface area contributed by atoms with Crippen LogP contribution in [0.5, 0.6) is 0 Å². The summed E-state index contributed by atoms with van der Waals surface area (Å²) in [5, 5.41) is 0.642. The predicted molar refractivity (Wildman–Crippen MR) is 78.5 cm³/mol. The Kier molecular flexibility index (Phi) is 4.64. The molecule has 0 aromatic heterocycles. The Bertz CT molecular complexity index is 545. The average molecular weight is 327 g/mol. The van der Waals surface area contributed by atoms with Crippen LogP contribution >= 0.6 is 27.5 Å². The third-order valence-corrected chi connectivity index (χ3v) is 3.25. The lowest BCUT2D eigenvalue weighted by atomic mass is 10.2. The third-order valence-electron chi connectivity index (χ3n) is 2.52. The maximum absolute atomic E-state index is 5.85. The predicted octanol–water partition coefficient (Wildman–Crippen LogP) is 4.40. The molecule has 2 aromatic carbocycles. The number of hydrogen-bond acceptors (Lipinski definition) is 2. The zero-order chi connectivity index (χ0) is 13.0. The van der Waals surface area contributed by atoms with Crippen LogP contribution in [0.15, 0.2) is 46.9 Å². The summed E-state index contributed by atoms with van der Waals surface area (Å²) in [4.78, 5) is 0. The summed E-state index contributed by atoms with van der Waals surface area (Å²) >= 11 is 9.27. The van der Waals surface area contributed by atoms with Crippen LogP contribution in [0, 0.1) is 0 Å². The van der Waals surface area contributed by atoms with Crippen LogP contribution in [0.2, 0.25) is 5.02 Å². The van der Waals surface area contributed by atoms with Gasteiger partial charge in [0.2, 0.25) is 0 Å². The van der Waals surface area contributed by atoms with Crippen molar-refractivity contribution in [2.45, 2.75) is 13.2 Å². The Balaban J connectivity index is 1.92. The van der Waals surface area contributed by atoms with Gasteiger partial charge in [0.1, 0.15) is 0 Å². The first-order valence-electron chi connectivity index (χ1n) is 5.51. The Hall–Kier alpha value is -1.03. The average Bonchev–Trinajstić information content (AvgIpc) is 2.32. The van der Waals surface area contributed by atoms with E-state index in [1.165, 1.54) is 0 Å². The molecule has 0 heterocycles. The van der Waals surface area contributed by atoms with Gasteiger partial charge in [0.15, 0.2) is 0 Å². The highest BCUT2D eigenvalue weighted by Crippen LogP contribution is 2.19. The molecule has 0 aliphatic carbocycles. The molecule has 0 radical (unpaired) electrons. The van der Waals surface area contributed by atoms with E-state index < -0.39 is 0 Å². The Labute approximate surface area is 120 Å². The number of anilines is 1. The van der Waals surface area contributed by atoms with Gasteiger partial charge in [0, 0.05) is 20.7 Å². The number of nitrogen functional groups attached to an aromatic ring is 1. The van der Waals surface area contributed by atoms with Gasteiger partial charge in [-0.3, -0.25) is 0 Å². The van der Waals surface area contributed by atoms with E-state index in [-0.39, 0.29) is 0 Å². The van der Waals surface area contributed by atoms with E-state index in [4.69, 9.17) is 22.1 Å². The molecule has 0 bridgehead atoms. The van der Waals surface area contributed by atoms with Gasteiger partial charge in [-0.1, -0.05) is 45.7 Å². The van der Waals surface area contributed by atoms with Crippen molar-refractivity contribution < 1.29 is 4.74 Å². The van der Waals surface area contributed by atoms with Crippen molar-refractivity contribution in [3.8, 4) is 0 Å². The van der Waals surface area contributed by atoms with Gasteiger partial charge in [-0.25, -0.2) is 0 Å². The van der Waals surface area contributed by atoms with Crippen molar-refractivity contribution in [2.75, 3.05) is 5.73 Å². The first kappa shape index (κ1) is 13.4. The lowest BCUT2D eigenvalue weighted by molar-refractivity contribution is 0.107. The number of halogens is 2. The number of benzene rings is 2. The van der Waals surface area contributed by atoms with Crippen molar-refractivity contribution in [2.24, 2.45) is 0 Å². The van der Waals surface area contributed by atoms with E-state index >= 15 is 0 Å². The molecule has 94 valence electrons.